The van der Waals surface area contributed by atoms with Gasteiger partial charge in [0.1, 0.15) is 6.54 Å². The highest BCUT2D eigenvalue weighted by Crippen LogP contribution is 2.29. The van der Waals surface area contributed by atoms with Crippen LogP contribution in [0.5, 0.6) is 0 Å². The van der Waals surface area contributed by atoms with Crippen molar-refractivity contribution in [2.75, 3.05) is 13.7 Å². The summed E-state index contributed by atoms with van der Waals surface area (Å²) < 4.78 is 31.4. The fourth-order valence-corrected chi connectivity index (χ4v) is 4.49. The zero-order valence-electron chi connectivity index (χ0n) is 11.8. The van der Waals surface area contributed by atoms with E-state index in [1.165, 1.54) is 23.5 Å². The minimum atomic E-state index is -3.76. The van der Waals surface area contributed by atoms with Crippen molar-refractivity contribution in [1.29, 1.82) is 0 Å². The summed E-state index contributed by atoms with van der Waals surface area (Å²) in [7, 11) is -2.51. The van der Waals surface area contributed by atoms with Gasteiger partial charge < -0.3 is 4.74 Å². The molecule has 5 nitrogen and oxygen atoms in total. The zero-order valence-corrected chi connectivity index (χ0v) is 13.4. The highest BCUT2D eigenvalue weighted by Gasteiger charge is 2.35. The molecule has 21 heavy (non-hydrogen) atoms. The Morgan fingerprint density at radius 2 is 2.05 bits per heavy atom. The second-order valence-electron chi connectivity index (χ2n) is 5.02. The summed E-state index contributed by atoms with van der Waals surface area (Å²) in [6.07, 6.45) is 3.45. The number of benzene rings is 1. The number of carbonyl (C=O) groups excluding carboxylic acids is 1. The lowest BCUT2D eigenvalue weighted by atomic mass is 10.2. The van der Waals surface area contributed by atoms with E-state index in [4.69, 9.17) is 11.6 Å². The van der Waals surface area contributed by atoms with E-state index in [0.29, 0.717) is 5.02 Å². The van der Waals surface area contributed by atoms with E-state index in [0.717, 1.165) is 25.7 Å². The number of ether oxygens (including phenoxy) is 1. The summed E-state index contributed by atoms with van der Waals surface area (Å²) in [5.41, 5.74) is 0. The minimum Gasteiger partial charge on any atom is -0.468 e. The highest BCUT2D eigenvalue weighted by atomic mass is 35.5. The maximum atomic E-state index is 12.8. The molecule has 116 valence electrons. The number of hydrogen-bond donors (Lipinski definition) is 0. The van der Waals surface area contributed by atoms with Gasteiger partial charge in [0, 0.05) is 11.1 Å². The molecule has 1 fully saturated rings. The summed E-state index contributed by atoms with van der Waals surface area (Å²) in [6, 6.07) is 5.92. The number of esters is 1. The fraction of sp³-hybridized carbons (Fsp3) is 0.500. The van der Waals surface area contributed by atoms with Crippen LogP contribution in [0.3, 0.4) is 0 Å². The van der Waals surface area contributed by atoms with Gasteiger partial charge >= 0.3 is 5.97 Å². The molecule has 1 saturated carbocycles. The molecule has 0 amide bonds. The molecule has 1 aromatic rings. The standard InChI is InChI=1S/C14H18ClNO4S/c1-20-14(17)10-16(12-6-2-3-7-12)21(18,19)13-8-4-5-11(15)9-13/h4-5,8-9,12H,2-3,6-7,10H2,1H3. The van der Waals surface area contributed by atoms with Gasteiger partial charge in [-0.05, 0) is 31.0 Å². The quantitative estimate of drug-likeness (QED) is 0.777. The molecule has 7 heteroatoms. The Hall–Kier alpha value is -1.11. The van der Waals surface area contributed by atoms with Gasteiger partial charge in [-0.15, -0.1) is 0 Å². The number of hydrogen-bond acceptors (Lipinski definition) is 4. The van der Waals surface area contributed by atoms with Crippen molar-refractivity contribution in [3.8, 4) is 0 Å². The molecule has 0 spiro atoms. The lowest BCUT2D eigenvalue weighted by Crippen LogP contribution is -2.42. The molecule has 2 rings (SSSR count). The van der Waals surface area contributed by atoms with Crippen molar-refractivity contribution in [3.63, 3.8) is 0 Å². The van der Waals surface area contributed by atoms with E-state index in [2.05, 4.69) is 4.74 Å². The molecular formula is C14H18ClNO4S. The summed E-state index contributed by atoms with van der Waals surface area (Å²) >= 11 is 5.87. The molecule has 1 aliphatic rings. The van der Waals surface area contributed by atoms with Gasteiger partial charge in [0.2, 0.25) is 10.0 Å². The molecule has 0 radical (unpaired) electrons. The number of rotatable bonds is 5. The molecule has 0 bridgehead atoms. The van der Waals surface area contributed by atoms with Crippen LogP contribution < -0.4 is 0 Å². The topological polar surface area (TPSA) is 63.7 Å². The normalized spacial score (nSPS) is 16.3. The van der Waals surface area contributed by atoms with Gasteiger partial charge in [-0.25, -0.2) is 8.42 Å². The highest BCUT2D eigenvalue weighted by molar-refractivity contribution is 7.89. The summed E-state index contributed by atoms with van der Waals surface area (Å²) in [6.45, 7) is -0.268. The third-order valence-corrected chi connectivity index (χ3v) is 5.78. The maximum Gasteiger partial charge on any atom is 0.321 e. The number of sulfonamides is 1. The third-order valence-electron chi connectivity index (χ3n) is 3.65. The first-order valence-corrected chi connectivity index (χ1v) is 8.61. The average Bonchev–Trinajstić information content (AvgIpc) is 2.98. The third kappa shape index (κ3) is 3.75. The minimum absolute atomic E-state index is 0.103. The van der Waals surface area contributed by atoms with Crippen LogP contribution in [0.4, 0.5) is 0 Å². The number of halogens is 1. The first kappa shape index (κ1) is 16.3. The van der Waals surface area contributed by atoms with E-state index in [9.17, 15) is 13.2 Å². The van der Waals surface area contributed by atoms with Crippen LogP contribution in [0, 0.1) is 0 Å². The lowest BCUT2D eigenvalue weighted by Gasteiger charge is -2.27. The molecule has 0 N–H and O–H groups in total. The van der Waals surface area contributed by atoms with Crippen molar-refractivity contribution < 1.29 is 17.9 Å². The molecular weight excluding hydrogens is 314 g/mol. The van der Waals surface area contributed by atoms with Crippen LogP contribution in [0.15, 0.2) is 29.2 Å². The molecule has 1 aromatic carbocycles. The molecule has 0 aromatic heterocycles. The fourth-order valence-electron chi connectivity index (χ4n) is 2.56. The Morgan fingerprint density at radius 3 is 2.62 bits per heavy atom. The molecule has 0 atom stereocenters. The summed E-state index contributed by atoms with van der Waals surface area (Å²) in [4.78, 5) is 11.7. The van der Waals surface area contributed by atoms with Gasteiger partial charge in [-0.3, -0.25) is 4.79 Å². The van der Waals surface area contributed by atoms with Gasteiger partial charge in [0.25, 0.3) is 0 Å². The Labute approximate surface area is 129 Å². The van der Waals surface area contributed by atoms with E-state index in [-0.39, 0.29) is 17.5 Å². The molecule has 0 heterocycles. The van der Waals surface area contributed by atoms with Crippen LogP contribution in [-0.2, 0) is 19.6 Å². The predicted molar refractivity (Wildman–Crippen MR) is 79.6 cm³/mol. The van der Waals surface area contributed by atoms with Gasteiger partial charge in [0.05, 0.1) is 12.0 Å². The van der Waals surface area contributed by atoms with Crippen molar-refractivity contribution in [2.45, 2.75) is 36.6 Å². The molecule has 0 aliphatic heterocycles. The van der Waals surface area contributed by atoms with Crippen molar-refractivity contribution in [3.05, 3.63) is 29.3 Å². The van der Waals surface area contributed by atoms with Crippen molar-refractivity contribution in [2.24, 2.45) is 0 Å². The van der Waals surface area contributed by atoms with Crippen LogP contribution in [0.1, 0.15) is 25.7 Å². The van der Waals surface area contributed by atoms with Gasteiger partial charge in [-0.1, -0.05) is 30.5 Å². The Balaban J connectivity index is 2.36. The van der Waals surface area contributed by atoms with E-state index in [1.54, 1.807) is 12.1 Å². The molecule has 1 aliphatic carbocycles. The van der Waals surface area contributed by atoms with Crippen molar-refractivity contribution >= 4 is 27.6 Å². The number of carbonyl (C=O) groups is 1. The summed E-state index contributed by atoms with van der Waals surface area (Å²) in [5, 5.41) is 0.348. The Morgan fingerprint density at radius 1 is 1.38 bits per heavy atom. The summed E-state index contributed by atoms with van der Waals surface area (Å²) in [5.74, 6) is -0.562. The van der Waals surface area contributed by atoms with Gasteiger partial charge in [-0.2, -0.15) is 4.31 Å². The van der Waals surface area contributed by atoms with Crippen LogP contribution >= 0.6 is 11.6 Å². The van der Waals surface area contributed by atoms with E-state index in [1.807, 2.05) is 0 Å². The SMILES string of the molecule is COC(=O)CN(C1CCCC1)S(=O)(=O)c1cccc(Cl)c1. The second-order valence-corrected chi connectivity index (χ2v) is 7.35. The first-order chi connectivity index (χ1) is 9.95. The number of methoxy groups -OCH3 is 1. The second kappa shape index (κ2) is 6.77. The largest absolute Gasteiger partial charge is 0.468 e. The average molecular weight is 332 g/mol. The van der Waals surface area contributed by atoms with Crippen LogP contribution in [0.25, 0.3) is 0 Å². The molecule has 0 saturated heterocycles. The smallest absolute Gasteiger partial charge is 0.321 e. The van der Waals surface area contributed by atoms with Crippen LogP contribution in [0.2, 0.25) is 5.02 Å². The molecule has 0 unspecified atom stereocenters. The van der Waals surface area contributed by atoms with Crippen LogP contribution in [-0.4, -0.2) is 38.4 Å². The zero-order chi connectivity index (χ0) is 15.5. The number of nitrogens with zero attached hydrogens (tertiary/aromatic N) is 1. The lowest BCUT2D eigenvalue weighted by molar-refractivity contribution is -0.141. The monoisotopic (exact) mass is 331 g/mol. The van der Waals surface area contributed by atoms with Gasteiger partial charge in [0.15, 0.2) is 0 Å². The first-order valence-electron chi connectivity index (χ1n) is 6.79. The Bertz CT molecular complexity index is 611. The maximum absolute atomic E-state index is 12.8. The Kier molecular flexibility index (Phi) is 5.24. The van der Waals surface area contributed by atoms with E-state index >= 15 is 0 Å². The van der Waals surface area contributed by atoms with E-state index < -0.39 is 16.0 Å². The van der Waals surface area contributed by atoms with Crippen molar-refractivity contribution in [1.82, 2.24) is 4.31 Å². The predicted octanol–water partition coefficient (Wildman–Crippen LogP) is 2.45.